The van der Waals surface area contributed by atoms with Crippen molar-refractivity contribution in [3.63, 3.8) is 0 Å². The SMILES string of the molecule is CC(=O)N1CCN(C(=O)[C@H](Cc2ccccc2)NC(=O)c2cc3cc(C)ccc3[nH]2)CC1. The highest BCUT2D eigenvalue weighted by Crippen LogP contribution is 2.17. The molecule has 2 N–H and O–H groups in total. The number of amides is 3. The highest BCUT2D eigenvalue weighted by molar-refractivity contribution is 6.00. The fourth-order valence-corrected chi connectivity index (χ4v) is 4.12. The number of piperazine rings is 1. The van der Waals surface area contributed by atoms with Gasteiger partial charge < -0.3 is 20.1 Å². The second-order valence-corrected chi connectivity index (χ2v) is 8.32. The normalized spacial score (nSPS) is 14.9. The third kappa shape index (κ3) is 4.82. The molecule has 32 heavy (non-hydrogen) atoms. The highest BCUT2D eigenvalue weighted by Gasteiger charge is 2.30. The average Bonchev–Trinajstić information content (AvgIpc) is 3.22. The molecule has 0 saturated carbocycles. The zero-order valence-corrected chi connectivity index (χ0v) is 18.4. The van der Waals surface area contributed by atoms with E-state index in [1.165, 1.54) is 6.92 Å². The Hall–Kier alpha value is -3.61. The molecule has 7 nitrogen and oxygen atoms in total. The summed E-state index contributed by atoms with van der Waals surface area (Å²) in [4.78, 5) is 44.7. The minimum absolute atomic E-state index is 0.0142. The monoisotopic (exact) mass is 432 g/mol. The number of nitrogens with one attached hydrogen (secondary N) is 2. The molecule has 0 radical (unpaired) electrons. The van der Waals surface area contributed by atoms with Crippen molar-refractivity contribution in [3.05, 3.63) is 71.4 Å². The quantitative estimate of drug-likeness (QED) is 0.650. The molecule has 2 aromatic carbocycles. The van der Waals surface area contributed by atoms with E-state index in [1.54, 1.807) is 9.80 Å². The summed E-state index contributed by atoms with van der Waals surface area (Å²) in [6.07, 6.45) is 0.400. The Morgan fingerprint density at radius 3 is 2.34 bits per heavy atom. The first-order chi connectivity index (χ1) is 15.4. The van der Waals surface area contributed by atoms with Crippen LogP contribution in [0.15, 0.2) is 54.6 Å². The van der Waals surface area contributed by atoms with Crippen LogP contribution in [0.2, 0.25) is 0 Å². The number of nitrogens with zero attached hydrogens (tertiary/aromatic N) is 2. The minimum atomic E-state index is -0.693. The second kappa shape index (κ2) is 9.26. The van der Waals surface area contributed by atoms with E-state index in [9.17, 15) is 14.4 Å². The maximum absolute atomic E-state index is 13.4. The number of carbonyl (C=O) groups excluding carboxylic acids is 3. The number of rotatable bonds is 5. The van der Waals surface area contributed by atoms with Crippen LogP contribution < -0.4 is 5.32 Å². The number of aryl methyl sites for hydroxylation is 1. The molecule has 166 valence electrons. The van der Waals surface area contributed by atoms with Gasteiger partial charge in [-0.15, -0.1) is 0 Å². The molecule has 1 saturated heterocycles. The summed E-state index contributed by atoms with van der Waals surface area (Å²) in [5, 5.41) is 3.91. The summed E-state index contributed by atoms with van der Waals surface area (Å²) >= 11 is 0. The summed E-state index contributed by atoms with van der Waals surface area (Å²) in [5.41, 5.74) is 3.40. The zero-order chi connectivity index (χ0) is 22.7. The highest BCUT2D eigenvalue weighted by atomic mass is 16.2. The van der Waals surface area contributed by atoms with E-state index in [1.807, 2.05) is 61.5 Å². The predicted octanol–water partition coefficient (Wildman–Crippen LogP) is 2.51. The molecule has 3 aromatic rings. The van der Waals surface area contributed by atoms with E-state index in [-0.39, 0.29) is 17.7 Å². The number of hydrogen-bond acceptors (Lipinski definition) is 3. The third-order valence-electron chi connectivity index (χ3n) is 5.94. The van der Waals surface area contributed by atoms with E-state index in [0.717, 1.165) is 22.0 Å². The number of aromatic nitrogens is 1. The number of benzene rings is 2. The molecule has 3 amide bonds. The van der Waals surface area contributed by atoms with Crippen molar-refractivity contribution < 1.29 is 14.4 Å². The van der Waals surface area contributed by atoms with Crippen LogP contribution in [0.4, 0.5) is 0 Å². The van der Waals surface area contributed by atoms with Gasteiger partial charge in [0, 0.05) is 50.4 Å². The fraction of sp³-hybridized carbons (Fsp3) is 0.320. The Kier molecular flexibility index (Phi) is 6.25. The maximum Gasteiger partial charge on any atom is 0.268 e. The van der Waals surface area contributed by atoms with Crippen molar-refractivity contribution in [2.45, 2.75) is 26.3 Å². The molecule has 2 heterocycles. The molecule has 1 aromatic heterocycles. The molecule has 7 heteroatoms. The molecular formula is C25H28N4O3. The van der Waals surface area contributed by atoms with Crippen molar-refractivity contribution >= 4 is 28.6 Å². The smallest absolute Gasteiger partial charge is 0.268 e. The third-order valence-corrected chi connectivity index (χ3v) is 5.94. The second-order valence-electron chi connectivity index (χ2n) is 8.32. The summed E-state index contributed by atoms with van der Waals surface area (Å²) in [6, 6.07) is 16.7. The summed E-state index contributed by atoms with van der Waals surface area (Å²) in [7, 11) is 0. The van der Waals surface area contributed by atoms with E-state index < -0.39 is 6.04 Å². The van der Waals surface area contributed by atoms with Crippen LogP contribution in [0.1, 0.15) is 28.5 Å². The van der Waals surface area contributed by atoms with Crippen LogP contribution in [0.25, 0.3) is 10.9 Å². The molecule has 1 aliphatic rings. The van der Waals surface area contributed by atoms with E-state index in [4.69, 9.17) is 0 Å². The Balaban J connectivity index is 1.52. The van der Waals surface area contributed by atoms with Gasteiger partial charge in [0.2, 0.25) is 11.8 Å². The van der Waals surface area contributed by atoms with Crippen molar-refractivity contribution in [1.82, 2.24) is 20.1 Å². The fourth-order valence-electron chi connectivity index (χ4n) is 4.12. The summed E-state index contributed by atoms with van der Waals surface area (Å²) in [5.74, 6) is -0.423. The lowest BCUT2D eigenvalue weighted by atomic mass is 10.0. The Labute approximate surface area is 187 Å². The van der Waals surface area contributed by atoms with Crippen molar-refractivity contribution in [1.29, 1.82) is 0 Å². The molecule has 0 spiro atoms. The van der Waals surface area contributed by atoms with E-state index in [0.29, 0.717) is 38.3 Å². The van der Waals surface area contributed by atoms with Gasteiger partial charge in [-0.1, -0.05) is 42.0 Å². The van der Waals surface area contributed by atoms with Crippen LogP contribution in [0.5, 0.6) is 0 Å². The van der Waals surface area contributed by atoms with Gasteiger partial charge in [0.05, 0.1) is 0 Å². The summed E-state index contributed by atoms with van der Waals surface area (Å²) < 4.78 is 0. The van der Waals surface area contributed by atoms with E-state index in [2.05, 4.69) is 10.3 Å². The molecule has 1 fully saturated rings. The Morgan fingerprint density at radius 2 is 1.66 bits per heavy atom. The molecular weight excluding hydrogens is 404 g/mol. The maximum atomic E-state index is 13.4. The van der Waals surface area contributed by atoms with Crippen LogP contribution in [-0.4, -0.2) is 64.7 Å². The molecule has 1 aliphatic heterocycles. The van der Waals surface area contributed by atoms with Gasteiger partial charge in [-0.3, -0.25) is 14.4 Å². The van der Waals surface area contributed by atoms with Gasteiger partial charge in [-0.05, 0) is 30.7 Å². The van der Waals surface area contributed by atoms with Gasteiger partial charge >= 0.3 is 0 Å². The molecule has 1 atom stereocenters. The Bertz CT molecular complexity index is 1130. The van der Waals surface area contributed by atoms with Crippen molar-refractivity contribution in [2.75, 3.05) is 26.2 Å². The summed E-state index contributed by atoms with van der Waals surface area (Å²) in [6.45, 7) is 5.49. The topological polar surface area (TPSA) is 85.5 Å². The predicted molar refractivity (Wildman–Crippen MR) is 123 cm³/mol. The van der Waals surface area contributed by atoms with Gasteiger partial charge in [-0.25, -0.2) is 0 Å². The lowest BCUT2D eigenvalue weighted by molar-refractivity contribution is -0.139. The van der Waals surface area contributed by atoms with E-state index >= 15 is 0 Å². The van der Waals surface area contributed by atoms with Gasteiger partial charge in [0.15, 0.2) is 0 Å². The number of carbonyl (C=O) groups is 3. The molecule has 0 unspecified atom stereocenters. The van der Waals surface area contributed by atoms with Gasteiger partial charge in [0.1, 0.15) is 11.7 Å². The lowest BCUT2D eigenvalue weighted by Gasteiger charge is -2.36. The lowest BCUT2D eigenvalue weighted by Crippen LogP contribution is -2.56. The Morgan fingerprint density at radius 1 is 0.969 bits per heavy atom. The van der Waals surface area contributed by atoms with Crippen molar-refractivity contribution in [2.24, 2.45) is 0 Å². The zero-order valence-electron chi connectivity index (χ0n) is 18.4. The standard InChI is InChI=1S/C25H28N4O3/c1-17-8-9-21-20(14-17)16-22(26-21)24(31)27-23(15-19-6-4-3-5-7-19)25(32)29-12-10-28(11-13-29)18(2)30/h3-9,14,16,23,26H,10-13,15H2,1-2H3,(H,27,31)/t23-/m0/s1. The number of aromatic amines is 1. The van der Waals surface area contributed by atoms with Crippen LogP contribution in [0.3, 0.4) is 0 Å². The van der Waals surface area contributed by atoms with Crippen LogP contribution in [-0.2, 0) is 16.0 Å². The van der Waals surface area contributed by atoms with Gasteiger partial charge in [0.25, 0.3) is 5.91 Å². The van der Waals surface area contributed by atoms with Crippen LogP contribution in [0, 0.1) is 6.92 Å². The number of fused-ring (bicyclic) bond motifs is 1. The van der Waals surface area contributed by atoms with Gasteiger partial charge in [-0.2, -0.15) is 0 Å². The van der Waals surface area contributed by atoms with Crippen LogP contribution >= 0.6 is 0 Å². The number of hydrogen-bond donors (Lipinski definition) is 2. The first-order valence-corrected chi connectivity index (χ1v) is 10.9. The molecule has 4 rings (SSSR count). The average molecular weight is 433 g/mol. The minimum Gasteiger partial charge on any atom is -0.351 e. The molecule has 0 aliphatic carbocycles. The first kappa shape index (κ1) is 21.6. The number of H-pyrrole nitrogens is 1. The first-order valence-electron chi connectivity index (χ1n) is 10.9. The molecule has 0 bridgehead atoms. The van der Waals surface area contributed by atoms with Crippen molar-refractivity contribution in [3.8, 4) is 0 Å². The largest absolute Gasteiger partial charge is 0.351 e.